The summed E-state index contributed by atoms with van der Waals surface area (Å²) in [6.45, 7) is 0. The van der Waals surface area contributed by atoms with Gasteiger partial charge >= 0.3 is 0 Å². The molecule has 3 heterocycles. The number of aromatic nitrogens is 3. The molecular weight excluding hydrogens is 769 g/mol. The van der Waals surface area contributed by atoms with E-state index < -0.39 is 0 Å². The van der Waals surface area contributed by atoms with Crippen LogP contribution in [0.3, 0.4) is 0 Å². The van der Waals surface area contributed by atoms with Gasteiger partial charge in [0.15, 0.2) is 0 Å². The van der Waals surface area contributed by atoms with E-state index in [0.29, 0.717) is 44.9 Å². The van der Waals surface area contributed by atoms with Gasteiger partial charge in [-0.15, -0.1) is 0 Å². The highest BCUT2D eigenvalue weighted by Crippen LogP contribution is 2.49. The minimum Gasteiger partial charge on any atom is -0.306 e. The Balaban J connectivity index is 1.38. The summed E-state index contributed by atoms with van der Waals surface area (Å²) in [4.78, 5) is 0. The molecule has 0 unspecified atom stereocenters. The number of allylic oxidation sites excluding steroid dienone is 1. The van der Waals surface area contributed by atoms with Crippen molar-refractivity contribution in [1.29, 1.82) is 15.8 Å². The second-order valence-electron chi connectivity index (χ2n) is 16.1. The molecule has 0 atom stereocenters. The first-order valence-electron chi connectivity index (χ1n) is 21.1. The third-order valence-corrected chi connectivity index (χ3v) is 12.8. The van der Waals surface area contributed by atoms with Crippen molar-refractivity contribution in [2.75, 3.05) is 0 Å². The van der Waals surface area contributed by atoms with E-state index in [1.54, 1.807) is 12.1 Å². The van der Waals surface area contributed by atoms with Crippen molar-refractivity contribution in [1.82, 2.24) is 13.7 Å². The summed E-state index contributed by atoms with van der Waals surface area (Å²) < 4.78 is 6.81. The van der Waals surface area contributed by atoms with Crippen LogP contribution in [0.5, 0.6) is 0 Å². The van der Waals surface area contributed by atoms with Crippen LogP contribution < -0.4 is 0 Å². The molecule has 63 heavy (non-hydrogen) atoms. The topological polar surface area (TPSA) is 86.2 Å². The van der Waals surface area contributed by atoms with Gasteiger partial charge in [0.25, 0.3) is 0 Å². The number of benzene rings is 8. The molecule has 0 bridgehead atoms. The third kappa shape index (κ3) is 5.21. The zero-order valence-corrected chi connectivity index (χ0v) is 33.9. The van der Waals surface area contributed by atoms with Gasteiger partial charge in [0, 0.05) is 38.2 Å². The molecule has 0 saturated carbocycles. The highest BCUT2D eigenvalue weighted by Gasteiger charge is 2.34. The third-order valence-electron chi connectivity index (χ3n) is 12.8. The van der Waals surface area contributed by atoms with Crippen molar-refractivity contribution in [2.24, 2.45) is 0 Å². The van der Waals surface area contributed by atoms with E-state index in [2.05, 4.69) is 171 Å². The van der Waals surface area contributed by atoms with E-state index in [9.17, 15) is 15.8 Å². The minimum absolute atomic E-state index is 0.356. The summed E-state index contributed by atoms with van der Waals surface area (Å²) in [6.07, 6.45) is 6.17. The first-order chi connectivity index (χ1) is 31.2. The fourth-order valence-electron chi connectivity index (χ4n) is 10.2. The van der Waals surface area contributed by atoms with Crippen LogP contribution in [-0.2, 0) is 6.42 Å². The molecule has 1 aliphatic rings. The van der Waals surface area contributed by atoms with Crippen LogP contribution in [0.2, 0.25) is 0 Å². The molecule has 0 amide bonds. The molecular formula is C57H34N6. The molecule has 6 heteroatoms. The van der Waals surface area contributed by atoms with E-state index in [-0.39, 0.29) is 0 Å². The maximum atomic E-state index is 11.9. The predicted octanol–water partition coefficient (Wildman–Crippen LogP) is 13.7. The predicted molar refractivity (Wildman–Crippen MR) is 254 cm³/mol. The van der Waals surface area contributed by atoms with Crippen LogP contribution in [0.1, 0.15) is 34.4 Å². The standard InChI is InChI=1S/C57H34N6/c58-33-36-26-28-38(29-27-36)54-46(34-59)55(61-48-21-9-4-16-40(48)41-17-5-10-22-49(41)61)57(56(47(54)35-60)62-50-23-11-6-18-42(50)43-19-7-12-24-51(43)62)63-52-25-13-8-20-44(52)45-32-39(30-31-53(45)63)37-14-2-1-3-15-37/h1-6,8-18,20-32H,7,19H2. The molecule has 0 radical (unpaired) electrons. The Hall–Kier alpha value is -8.89. The van der Waals surface area contributed by atoms with Crippen molar-refractivity contribution in [3.05, 3.63) is 204 Å². The van der Waals surface area contributed by atoms with Gasteiger partial charge in [-0.2, -0.15) is 15.8 Å². The summed E-state index contributed by atoms with van der Waals surface area (Å²) in [7, 11) is 0. The largest absolute Gasteiger partial charge is 0.306 e. The van der Waals surface area contributed by atoms with Crippen LogP contribution in [-0.4, -0.2) is 13.7 Å². The number of fused-ring (bicyclic) bond motifs is 9. The van der Waals surface area contributed by atoms with Crippen LogP contribution >= 0.6 is 0 Å². The summed E-state index contributed by atoms with van der Waals surface area (Å²) in [5.74, 6) is 0. The number of para-hydroxylation sites is 4. The van der Waals surface area contributed by atoms with Crippen LogP contribution in [0, 0.1) is 34.0 Å². The van der Waals surface area contributed by atoms with E-state index in [0.717, 1.165) is 84.2 Å². The lowest BCUT2D eigenvalue weighted by molar-refractivity contribution is 0.957. The van der Waals surface area contributed by atoms with Crippen LogP contribution in [0.15, 0.2) is 176 Å². The van der Waals surface area contributed by atoms with E-state index >= 15 is 0 Å². The van der Waals surface area contributed by atoms with Gasteiger partial charge in [-0.05, 0) is 89.7 Å². The molecule has 0 spiro atoms. The number of rotatable bonds is 5. The Morgan fingerprint density at radius 2 is 0.889 bits per heavy atom. The van der Waals surface area contributed by atoms with Gasteiger partial charge in [0.05, 0.1) is 67.4 Å². The van der Waals surface area contributed by atoms with E-state index in [1.165, 1.54) is 5.56 Å². The highest BCUT2D eigenvalue weighted by molar-refractivity contribution is 6.14. The first-order valence-corrected chi connectivity index (χ1v) is 21.1. The molecule has 8 aromatic carbocycles. The van der Waals surface area contributed by atoms with E-state index in [4.69, 9.17) is 0 Å². The second-order valence-corrected chi connectivity index (χ2v) is 16.1. The number of hydrogen-bond acceptors (Lipinski definition) is 3. The van der Waals surface area contributed by atoms with Gasteiger partial charge in [0.1, 0.15) is 12.1 Å². The van der Waals surface area contributed by atoms with Crippen LogP contribution in [0.25, 0.3) is 99.9 Å². The van der Waals surface area contributed by atoms with Crippen molar-refractivity contribution in [3.8, 4) is 57.5 Å². The SMILES string of the molecule is N#Cc1ccc(-c2c(C#N)c(-n3c4c(c5ccccc53)CCC=C4)c(-n3c4ccccc4c4cc(-c5ccccc5)ccc43)c(-n3c4ccccc4c4ccccc43)c2C#N)cc1. The van der Waals surface area contributed by atoms with Gasteiger partial charge in [-0.3, -0.25) is 0 Å². The highest BCUT2D eigenvalue weighted by atomic mass is 15.1. The number of nitriles is 3. The fraction of sp³-hybridized carbons (Fsp3) is 0.0351. The molecule has 11 aromatic rings. The molecule has 1 aliphatic carbocycles. The van der Waals surface area contributed by atoms with Gasteiger partial charge in [-0.1, -0.05) is 127 Å². The average molecular weight is 803 g/mol. The van der Waals surface area contributed by atoms with Crippen LogP contribution in [0.4, 0.5) is 0 Å². The Bertz CT molecular complexity index is 3820. The van der Waals surface area contributed by atoms with Gasteiger partial charge in [0.2, 0.25) is 0 Å². The monoisotopic (exact) mass is 802 g/mol. The Morgan fingerprint density at radius 1 is 0.397 bits per heavy atom. The van der Waals surface area contributed by atoms with Crippen molar-refractivity contribution < 1.29 is 0 Å². The van der Waals surface area contributed by atoms with Gasteiger partial charge < -0.3 is 13.7 Å². The van der Waals surface area contributed by atoms with E-state index in [1.807, 2.05) is 30.3 Å². The molecule has 3 aromatic heterocycles. The lowest BCUT2D eigenvalue weighted by atomic mass is 9.90. The summed E-state index contributed by atoms with van der Waals surface area (Å²) in [6, 6.07) is 65.6. The fourth-order valence-corrected chi connectivity index (χ4v) is 10.2. The molecule has 0 aliphatic heterocycles. The molecule has 12 rings (SSSR count). The Kier molecular flexibility index (Phi) is 8.06. The molecule has 6 nitrogen and oxygen atoms in total. The second kappa shape index (κ2) is 14.1. The van der Waals surface area contributed by atoms with Crippen molar-refractivity contribution in [3.63, 3.8) is 0 Å². The zero-order chi connectivity index (χ0) is 42.2. The van der Waals surface area contributed by atoms with Crippen molar-refractivity contribution in [2.45, 2.75) is 12.8 Å². The summed E-state index contributed by atoms with van der Waals surface area (Å²) in [5.41, 5.74) is 13.6. The molecule has 0 fully saturated rings. The maximum Gasteiger partial charge on any atom is 0.102 e. The normalized spacial score (nSPS) is 12.2. The first kappa shape index (κ1) is 36.0. The molecule has 292 valence electrons. The number of aryl methyl sites for hydroxylation is 1. The maximum absolute atomic E-state index is 11.9. The Labute approximate surface area is 362 Å². The number of hydrogen-bond donors (Lipinski definition) is 0. The smallest absolute Gasteiger partial charge is 0.102 e. The Morgan fingerprint density at radius 3 is 1.49 bits per heavy atom. The molecule has 0 N–H and O–H groups in total. The number of nitrogens with zero attached hydrogens (tertiary/aromatic N) is 6. The lowest BCUT2D eigenvalue weighted by Gasteiger charge is -2.27. The van der Waals surface area contributed by atoms with Crippen molar-refractivity contribution >= 4 is 60.6 Å². The average Bonchev–Trinajstić information content (AvgIpc) is 3.99. The molecule has 0 saturated heterocycles. The van der Waals surface area contributed by atoms with Gasteiger partial charge in [-0.25, -0.2) is 0 Å². The lowest BCUT2D eigenvalue weighted by Crippen LogP contribution is -2.15. The summed E-state index contributed by atoms with van der Waals surface area (Å²) in [5, 5.41) is 39.0. The quantitative estimate of drug-likeness (QED) is 0.174. The zero-order valence-electron chi connectivity index (χ0n) is 33.9. The minimum atomic E-state index is 0.356. The summed E-state index contributed by atoms with van der Waals surface area (Å²) >= 11 is 0.